The molecular weight excluding hydrogens is 248 g/mol. The van der Waals surface area contributed by atoms with Crippen molar-refractivity contribution in [2.75, 3.05) is 26.4 Å². The molecule has 0 saturated heterocycles. The molecule has 0 fully saturated rings. The Hall–Kier alpha value is -1.62. The van der Waals surface area contributed by atoms with E-state index in [1.807, 2.05) is 0 Å². The molecule has 0 aromatic heterocycles. The fraction of sp³-hybridized carbons (Fsp3) is 0.750. The van der Waals surface area contributed by atoms with Gasteiger partial charge in [0.05, 0.1) is 13.2 Å². The van der Waals surface area contributed by atoms with E-state index < -0.39 is 0 Å². The van der Waals surface area contributed by atoms with Gasteiger partial charge in [0.25, 0.3) is 0 Å². The molecule has 106 valence electrons. The molecule has 0 saturated carbocycles. The molecule has 0 aliphatic heterocycles. The van der Waals surface area contributed by atoms with Gasteiger partial charge >= 0.3 is 0 Å². The van der Waals surface area contributed by atoms with E-state index in [0.717, 1.165) is 0 Å². The van der Waals surface area contributed by atoms with E-state index in [0.29, 0.717) is 0 Å². The Morgan fingerprint density at radius 1 is 0.722 bits per heavy atom. The maximum absolute atomic E-state index is 8.21. The largest absolute Gasteiger partial charge is 0.409 e. The summed E-state index contributed by atoms with van der Waals surface area (Å²) in [4.78, 5) is 18.8. The number of hydrogen-bond acceptors (Lipinski definition) is 8. The lowest BCUT2D eigenvalue weighted by Crippen LogP contribution is -2.16. The summed E-state index contributed by atoms with van der Waals surface area (Å²) in [6.07, 6.45) is 0.515. The van der Waals surface area contributed by atoms with E-state index in [1.165, 1.54) is 0 Å². The van der Waals surface area contributed by atoms with Crippen LogP contribution in [-0.4, -0.2) is 48.5 Å². The zero-order chi connectivity index (χ0) is 13.6. The zero-order valence-electron chi connectivity index (χ0n) is 9.82. The lowest BCUT2D eigenvalue weighted by Gasteiger charge is -2.04. The van der Waals surface area contributed by atoms with Crippen molar-refractivity contribution in [3.05, 3.63) is 0 Å². The van der Waals surface area contributed by atoms with Gasteiger partial charge in [-0.05, 0) is 0 Å². The lowest BCUT2D eigenvalue weighted by atomic mass is 10.4. The number of rotatable bonds is 11. The highest BCUT2D eigenvalue weighted by Gasteiger charge is 1.96. The summed E-state index contributed by atoms with van der Waals surface area (Å²) in [5.74, 6) is 0.114. The second-order valence-electron chi connectivity index (χ2n) is 2.97. The Balaban J connectivity index is 3.12. The van der Waals surface area contributed by atoms with Crippen molar-refractivity contribution in [1.29, 1.82) is 0 Å². The van der Waals surface area contributed by atoms with Crippen molar-refractivity contribution in [3.8, 4) is 0 Å². The third-order valence-electron chi connectivity index (χ3n) is 1.56. The van der Waals surface area contributed by atoms with E-state index in [4.69, 9.17) is 31.7 Å². The van der Waals surface area contributed by atoms with E-state index >= 15 is 0 Å². The highest BCUT2D eigenvalue weighted by molar-refractivity contribution is 5.79. The first-order valence-corrected chi connectivity index (χ1v) is 5.12. The van der Waals surface area contributed by atoms with Crippen LogP contribution in [0.1, 0.15) is 12.8 Å². The van der Waals surface area contributed by atoms with Crippen LogP contribution < -0.4 is 11.5 Å². The minimum Gasteiger partial charge on any atom is -0.409 e. The van der Waals surface area contributed by atoms with Crippen molar-refractivity contribution in [2.24, 2.45) is 21.8 Å². The van der Waals surface area contributed by atoms with Gasteiger partial charge in [0.2, 0.25) is 0 Å². The monoisotopic (exact) mass is 266 g/mol. The van der Waals surface area contributed by atoms with Gasteiger partial charge in [0.1, 0.15) is 24.9 Å². The fourth-order valence-electron chi connectivity index (χ4n) is 0.696. The summed E-state index contributed by atoms with van der Waals surface area (Å²) >= 11 is 0. The Kier molecular flexibility index (Phi) is 10.8. The summed E-state index contributed by atoms with van der Waals surface area (Å²) in [6, 6.07) is 0. The lowest BCUT2D eigenvalue weighted by molar-refractivity contribution is -0.339. The molecular formula is C8H18N4O6. The first-order chi connectivity index (χ1) is 8.70. The first-order valence-electron chi connectivity index (χ1n) is 5.12. The van der Waals surface area contributed by atoms with Crippen LogP contribution in [0, 0.1) is 0 Å². The van der Waals surface area contributed by atoms with Gasteiger partial charge in [0.15, 0.2) is 0 Å². The number of nitrogens with zero attached hydrogens (tertiary/aromatic N) is 2. The number of nitrogens with two attached hydrogens (primary N) is 2. The topological polar surface area (TPSA) is 154 Å². The molecule has 0 spiro atoms. The van der Waals surface area contributed by atoms with E-state index in [9.17, 15) is 0 Å². The highest BCUT2D eigenvalue weighted by atomic mass is 17.2. The van der Waals surface area contributed by atoms with Gasteiger partial charge in [-0.3, -0.25) is 0 Å². The quantitative estimate of drug-likeness (QED) is 0.0941. The maximum atomic E-state index is 8.21. The molecule has 0 radical (unpaired) electrons. The van der Waals surface area contributed by atoms with E-state index in [2.05, 4.69) is 20.1 Å². The van der Waals surface area contributed by atoms with Crippen LogP contribution in [0.25, 0.3) is 0 Å². The summed E-state index contributed by atoms with van der Waals surface area (Å²) in [5.41, 5.74) is 10.4. The number of oxime groups is 2. The van der Waals surface area contributed by atoms with Gasteiger partial charge in [-0.2, -0.15) is 0 Å². The SMILES string of the molecule is NC(CCOOCCOOCCC(N)=NO)=NO. The van der Waals surface area contributed by atoms with Crippen molar-refractivity contribution in [2.45, 2.75) is 12.8 Å². The van der Waals surface area contributed by atoms with Crippen LogP contribution in [-0.2, 0) is 19.6 Å². The Morgan fingerprint density at radius 3 is 1.39 bits per heavy atom. The van der Waals surface area contributed by atoms with Crippen LogP contribution in [0.4, 0.5) is 0 Å². The van der Waals surface area contributed by atoms with Gasteiger partial charge < -0.3 is 21.9 Å². The van der Waals surface area contributed by atoms with Crippen LogP contribution >= 0.6 is 0 Å². The molecule has 10 heteroatoms. The van der Waals surface area contributed by atoms with Crippen molar-refractivity contribution < 1.29 is 30.0 Å². The molecule has 6 N–H and O–H groups in total. The molecule has 0 aliphatic carbocycles. The molecule has 0 heterocycles. The van der Waals surface area contributed by atoms with E-state index in [1.54, 1.807) is 0 Å². The average molecular weight is 266 g/mol. The van der Waals surface area contributed by atoms with Crippen LogP contribution in [0.5, 0.6) is 0 Å². The zero-order valence-corrected chi connectivity index (χ0v) is 9.82. The Bertz CT molecular complexity index is 234. The second-order valence-corrected chi connectivity index (χ2v) is 2.97. The molecule has 0 aromatic carbocycles. The minimum atomic E-state index is 0.0568. The molecule has 0 unspecified atom stereocenters. The highest BCUT2D eigenvalue weighted by Crippen LogP contribution is 1.88. The maximum Gasteiger partial charge on any atom is 0.141 e. The fourth-order valence-corrected chi connectivity index (χ4v) is 0.696. The van der Waals surface area contributed by atoms with Crippen LogP contribution in [0.3, 0.4) is 0 Å². The van der Waals surface area contributed by atoms with Gasteiger partial charge in [-0.1, -0.05) is 10.3 Å². The predicted octanol–water partition coefficient (Wildman–Crippen LogP) is -0.844. The van der Waals surface area contributed by atoms with Gasteiger partial charge in [-0.15, -0.1) is 0 Å². The summed E-state index contributed by atoms with van der Waals surface area (Å²) in [6.45, 7) is 0.639. The minimum absolute atomic E-state index is 0.0568. The van der Waals surface area contributed by atoms with Crippen molar-refractivity contribution >= 4 is 11.7 Å². The van der Waals surface area contributed by atoms with Gasteiger partial charge in [-0.25, -0.2) is 19.6 Å². The number of amidine groups is 2. The normalized spacial score (nSPS) is 12.9. The van der Waals surface area contributed by atoms with Crippen molar-refractivity contribution in [1.82, 2.24) is 0 Å². The smallest absolute Gasteiger partial charge is 0.141 e. The number of hydrogen-bond donors (Lipinski definition) is 4. The summed E-state index contributed by atoms with van der Waals surface area (Å²) in [7, 11) is 0. The second kappa shape index (κ2) is 11.9. The van der Waals surface area contributed by atoms with Crippen molar-refractivity contribution in [3.63, 3.8) is 0 Å². The Labute approximate surface area is 104 Å². The summed E-state index contributed by atoms with van der Waals surface area (Å²) < 4.78 is 0. The third kappa shape index (κ3) is 10.9. The Morgan fingerprint density at radius 2 is 1.06 bits per heavy atom. The van der Waals surface area contributed by atoms with E-state index in [-0.39, 0.29) is 50.9 Å². The molecule has 0 aliphatic rings. The molecule has 0 bridgehead atoms. The molecule has 18 heavy (non-hydrogen) atoms. The molecule has 0 atom stereocenters. The standard InChI is InChI=1S/C8H18N4O6/c9-7(11-13)1-3-15-17-5-6-18-16-4-2-8(10)12-14/h13-14H,1-6H2,(H2,9,11)(H2,10,12). The first kappa shape index (κ1) is 16.4. The molecule has 0 aromatic rings. The van der Waals surface area contributed by atoms with Crippen LogP contribution in [0.15, 0.2) is 10.3 Å². The summed E-state index contributed by atoms with van der Waals surface area (Å²) in [5, 5.41) is 21.9. The average Bonchev–Trinajstić information content (AvgIpc) is 2.40. The van der Waals surface area contributed by atoms with Gasteiger partial charge in [0, 0.05) is 12.8 Å². The van der Waals surface area contributed by atoms with Crippen LogP contribution in [0.2, 0.25) is 0 Å². The third-order valence-corrected chi connectivity index (χ3v) is 1.56. The molecule has 0 amide bonds. The molecule has 0 rings (SSSR count). The molecule has 10 nitrogen and oxygen atoms in total. The predicted molar refractivity (Wildman–Crippen MR) is 59.9 cm³/mol.